The van der Waals surface area contributed by atoms with Gasteiger partial charge in [-0.2, -0.15) is 0 Å². The standard InChI is InChI=1S/C19H19FN4O3S2/c1-4-24-11(2)22-23-19(24)29-10-15(25)21-17-16(18(26)27-3)14(9-28-17)12-5-7-13(20)8-6-12/h5-9H,4,10H2,1-3H3,(H,21,25). The van der Waals surface area contributed by atoms with Gasteiger partial charge in [0.15, 0.2) is 5.16 Å². The molecule has 2 aromatic heterocycles. The summed E-state index contributed by atoms with van der Waals surface area (Å²) in [5.41, 5.74) is 1.48. The largest absolute Gasteiger partial charge is 0.465 e. The van der Waals surface area contributed by atoms with Crippen LogP contribution >= 0.6 is 23.1 Å². The first-order valence-corrected chi connectivity index (χ1v) is 10.6. The molecular weight excluding hydrogens is 415 g/mol. The average Bonchev–Trinajstić information content (AvgIpc) is 3.29. The number of methoxy groups -OCH3 is 1. The van der Waals surface area contributed by atoms with E-state index in [1.807, 2.05) is 18.4 Å². The number of nitrogens with zero attached hydrogens (tertiary/aromatic N) is 3. The van der Waals surface area contributed by atoms with Crippen LogP contribution in [0.1, 0.15) is 23.1 Å². The van der Waals surface area contributed by atoms with Crippen LogP contribution in [0, 0.1) is 12.7 Å². The Balaban J connectivity index is 1.78. The van der Waals surface area contributed by atoms with E-state index in [2.05, 4.69) is 15.5 Å². The molecule has 2 heterocycles. The van der Waals surface area contributed by atoms with Gasteiger partial charge < -0.3 is 14.6 Å². The van der Waals surface area contributed by atoms with Crippen molar-refractivity contribution in [3.05, 3.63) is 46.9 Å². The summed E-state index contributed by atoms with van der Waals surface area (Å²) in [7, 11) is 1.27. The summed E-state index contributed by atoms with van der Waals surface area (Å²) in [4.78, 5) is 24.8. The average molecular weight is 435 g/mol. The second-order valence-electron chi connectivity index (χ2n) is 5.96. The predicted molar refractivity (Wildman–Crippen MR) is 111 cm³/mol. The second kappa shape index (κ2) is 9.19. The normalized spacial score (nSPS) is 10.8. The summed E-state index contributed by atoms with van der Waals surface area (Å²) >= 11 is 2.48. The number of amides is 1. The molecule has 3 aromatic rings. The quantitative estimate of drug-likeness (QED) is 0.447. The number of nitrogens with one attached hydrogen (secondary N) is 1. The van der Waals surface area contributed by atoms with Crippen molar-refractivity contribution >= 4 is 40.0 Å². The van der Waals surface area contributed by atoms with Crippen LogP contribution in [0.2, 0.25) is 0 Å². The third-order valence-electron chi connectivity index (χ3n) is 4.14. The number of esters is 1. The Labute approximate surface area is 175 Å². The smallest absolute Gasteiger partial charge is 0.341 e. The number of halogens is 1. The molecule has 0 fully saturated rings. The van der Waals surface area contributed by atoms with Crippen LogP contribution in [0.15, 0.2) is 34.8 Å². The van der Waals surface area contributed by atoms with Gasteiger partial charge in [-0.25, -0.2) is 9.18 Å². The highest BCUT2D eigenvalue weighted by Crippen LogP contribution is 2.36. The first-order valence-electron chi connectivity index (χ1n) is 8.72. The minimum atomic E-state index is -0.574. The van der Waals surface area contributed by atoms with Gasteiger partial charge in [0, 0.05) is 17.5 Å². The van der Waals surface area contributed by atoms with Gasteiger partial charge in [-0.15, -0.1) is 21.5 Å². The Morgan fingerprint density at radius 2 is 2.00 bits per heavy atom. The highest BCUT2D eigenvalue weighted by molar-refractivity contribution is 7.99. The number of ether oxygens (including phenoxy) is 1. The summed E-state index contributed by atoms with van der Waals surface area (Å²) in [5.74, 6) is -0.330. The minimum Gasteiger partial charge on any atom is -0.465 e. The SMILES string of the molecule is CCn1c(C)nnc1SCC(=O)Nc1scc(-c2ccc(F)cc2)c1C(=O)OC. The zero-order chi connectivity index (χ0) is 21.0. The number of thiophene rings is 1. The molecule has 0 aliphatic carbocycles. The highest BCUT2D eigenvalue weighted by atomic mass is 32.2. The van der Waals surface area contributed by atoms with Crippen molar-refractivity contribution < 1.29 is 18.7 Å². The summed E-state index contributed by atoms with van der Waals surface area (Å²) < 4.78 is 20.0. The fourth-order valence-corrected chi connectivity index (χ4v) is 4.54. The fourth-order valence-electron chi connectivity index (χ4n) is 2.72. The molecule has 0 radical (unpaired) electrons. The van der Waals surface area contributed by atoms with Crippen LogP contribution < -0.4 is 5.32 Å². The summed E-state index contributed by atoms with van der Waals surface area (Å²) in [6.07, 6.45) is 0. The minimum absolute atomic E-state index is 0.114. The van der Waals surface area contributed by atoms with E-state index in [-0.39, 0.29) is 23.0 Å². The molecule has 1 N–H and O–H groups in total. The lowest BCUT2D eigenvalue weighted by molar-refractivity contribution is -0.113. The number of thioether (sulfide) groups is 1. The Bertz CT molecular complexity index is 1030. The zero-order valence-corrected chi connectivity index (χ0v) is 17.7. The molecule has 0 spiro atoms. The second-order valence-corrected chi connectivity index (χ2v) is 7.79. The monoisotopic (exact) mass is 434 g/mol. The number of hydrogen-bond acceptors (Lipinski definition) is 7. The van der Waals surface area contributed by atoms with Gasteiger partial charge in [0.1, 0.15) is 22.2 Å². The maximum absolute atomic E-state index is 13.2. The van der Waals surface area contributed by atoms with Gasteiger partial charge >= 0.3 is 5.97 Å². The van der Waals surface area contributed by atoms with Crippen molar-refractivity contribution in [3.8, 4) is 11.1 Å². The van der Waals surface area contributed by atoms with Crippen molar-refractivity contribution in [1.82, 2.24) is 14.8 Å². The van der Waals surface area contributed by atoms with Crippen LogP contribution in [0.3, 0.4) is 0 Å². The number of anilines is 1. The molecule has 29 heavy (non-hydrogen) atoms. The zero-order valence-electron chi connectivity index (χ0n) is 16.1. The van der Waals surface area contributed by atoms with E-state index >= 15 is 0 Å². The van der Waals surface area contributed by atoms with Crippen molar-refractivity contribution in [2.24, 2.45) is 0 Å². The van der Waals surface area contributed by atoms with Gasteiger partial charge in [0.25, 0.3) is 0 Å². The van der Waals surface area contributed by atoms with E-state index in [0.29, 0.717) is 27.8 Å². The number of benzene rings is 1. The number of aryl methyl sites for hydroxylation is 1. The molecule has 0 unspecified atom stereocenters. The van der Waals surface area contributed by atoms with Gasteiger partial charge in [0.2, 0.25) is 5.91 Å². The molecule has 0 saturated carbocycles. The predicted octanol–water partition coefficient (Wildman–Crippen LogP) is 3.99. The maximum atomic E-state index is 13.2. The van der Waals surface area contributed by atoms with E-state index in [1.165, 1.54) is 42.3 Å². The van der Waals surface area contributed by atoms with Crippen molar-refractivity contribution in [1.29, 1.82) is 0 Å². The van der Waals surface area contributed by atoms with Crippen LogP contribution in [0.25, 0.3) is 11.1 Å². The molecule has 0 aliphatic rings. The molecular formula is C19H19FN4O3S2. The Morgan fingerprint density at radius 1 is 1.28 bits per heavy atom. The van der Waals surface area contributed by atoms with Crippen LogP contribution in [-0.4, -0.2) is 39.5 Å². The van der Waals surface area contributed by atoms with Crippen molar-refractivity contribution in [3.63, 3.8) is 0 Å². The molecule has 10 heteroatoms. The topological polar surface area (TPSA) is 86.1 Å². The third kappa shape index (κ3) is 4.65. The highest BCUT2D eigenvalue weighted by Gasteiger charge is 2.22. The summed E-state index contributed by atoms with van der Waals surface area (Å²) in [6.45, 7) is 4.54. The lowest BCUT2D eigenvalue weighted by Crippen LogP contribution is -2.16. The van der Waals surface area contributed by atoms with Crippen molar-refractivity contribution in [2.45, 2.75) is 25.5 Å². The molecule has 7 nitrogen and oxygen atoms in total. The Morgan fingerprint density at radius 3 is 2.66 bits per heavy atom. The van der Waals surface area contributed by atoms with Gasteiger partial charge in [0.05, 0.1) is 12.9 Å². The number of hydrogen-bond donors (Lipinski definition) is 1. The molecule has 0 bridgehead atoms. The summed E-state index contributed by atoms with van der Waals surface area (Å²) in [5, 5.41) is 13.6. The molecule has 152 valence electrons. The Kier molecular flexibility index (Phi) is 6.65. The van der Waals surface area contributed by atoms with Crippen LogP contribution in [0.4, 0.5) is 9.39 Å². The van der Waals surface area contributed by atoms with E-state index in [0.717, 1.165) is 5.82 Å². The maximum Gasteiger partial charge on any atom is 0.341 e. The van der Waals surface area contributed by atoms with Gasteiger partial charge in [-0.3, -0.25) is 4.79 Å². The van der Waals surface area contributed by atoms with Crippen molar-refractivity contribution in [2.75, 3.05) is 18.2 Å². The van der Waals surface area contributed by atoms with E-state index < -0.39 is 5.97 Å². The Hall–Kier alpha value is -2.72. The fraction of sp³-hybridized carbons (Fsp3) is 0.263. The molecule has 0 aliphatic heterocycles. The molecule has 0 atom stereocenters. The first kappa shape index (κ1) is 21.0. The third-order valence-corrected chi connectivity index (χ3v) is 6.00. The first-order chi connectivity index (χ1) is 13.9. The lowest BCUT2D eigenvalue weighted by Gasteiger charge is -2.08. The van der Waals surface area contributed by atoms with Crippen LogP contribution in [-0.2, 0) is 16.1 Å². The number of rotatable bonds is 7. The summed E-state index contributed by atoms with van der Waals surface area (Å²) in [6, 6.07) is 5.78. The van der Waals surface area contributed by atoms with E-state index in [1.54, 1.807) is 17.5 Å². The lowest BCUT2D eigenvalue weighted by atomic mass is 10.0. The number of carbonyl (C=O) groups is 2. The number of carbonyl (C=O) groups excluding carboxylic acids is 2. The van der Waals surface area contributed by atoms with Gasteiger partial charge in [-0.05, 0) is 31.5 Å². The van der Waals surface area contributed by atoms with Crippen LogP contribution in [0.5, 0.6) is 0 Å². The van der Waals surface area contributed by atoms with Gasteiger partial charge in [-0.1, -0.05) is 23.9 Å². The molecule has 1 aromatic carbocycles. The van der Waals surface area contributed by atoms with E-state index in [4.69, 9.17) is 4.74 Å². The molecule has 1 amide bonds. The molecule has 0 saturated heterocycles. The van der Waals surface area contributed by atoms with E-state index in [9.17, 15) is 14.0 Å². The number of aromatic nitrogens is 3. The molecule has 3 rings (SSSR count).